The molecule has 0 bridgehead atoms. The Morgan fingerprint density at radius 2 is 2.14 bits per heavy atom. The topological polar surface area (TPSA) is 83.6 Å². The number of nitrogens with zero attached hydrogens (tertiary/aromatic N) is 4. The fourth-order valence-electron chi connectivity index (χ4n) is 4.69. The van der Waals surface area contributed by atoms with Gasteiger partial charge in [-0.1, -0.05) is 75.4 Å². The van der Waals surface area contributed by atoms with E-state index in [0.717, 1.165) is 42.6 Å². The molecule has 0 fully saturated rings. The number of hydrogen-bond acceptors (Lipinski definition) is 6. The van der Waals surface area contributed by atoms with E-state index in [1.54, 1.807) is 11.3 Å². The Labute approximate surface area is 221 Å². The van der Waals surface area contributed by atoms with Gasteiger partial charge in [-0.25, -0.2) is 0 Å². The van der Waals surface area contributed by atoms with Crippen LogP contribution < -0.4 is 5.32 Å². The largest absolute Gasteiger partial charge is 0.316 e. The van der Waals surface area contributed by atoms with Crippen molar-refractivity contribution in [3.8, 4) is 6.07 Å². The smallest absolute Gasteiger partial charge is 0.235 e. The number of carbonyl (C=O) groups excluding carboxylic acids is 1. The number of nitrogens with one attached hydrogen (secondary N) is 1. The van der Waals surface area contributed by atoms with Crippen molar-refractivity contribution < 1.29 is 4.79 Å². The number of amides is 1. The molecule has 1 N–H and O–H groups in total. The van der Waals surface area contributed by atoms with Crippen LogP contribution in [-0.4, -0.2) is 26.4 Å². The van der Waals surface area contributed by atoms with Crippen molar-refractivity contribution in [2.45, 2.75) is 64.6 Å². The average Bonchev–Trinajstić information content (AvgIpc) is 3.42. The molecule has 1 aromatic carbocycles. The lowest BCUT2D eigenvalue weighted by atomic mass is 9.69. The van der Waals surface area contributed by atoms with Gasteiger partial charge in [-0.2, -0.15) is 5.26 Å². The van der Waals surface area contributed by atoms with Crippen LogP contribution in [0.25, 0.3) is 0 Å². The van der Waals surface area contributed by atoms with Crippen molar-refractivity contribution in [3.05, 3.63) is 70.4 Å². The Morgan fingerprint density at radius 3 is 2.83 bits per heavy atom. The van der Waals surface area contributed by atoms with Crippen molar-refractivity contribution in [2.24, 2.45) is 11.3 Å². The van der Waals surface area contributed by atoms with Crippen molar-refractivity contribution in [1.29, 1.82) is 5.26 Å². The highest BCUT2D eigenvalue weighted by atomic mass is 32.2. The van der Waals surface area contributed by atoms with E-state index in [0.29, 0.717) is 34.6 Å². The molecule has 1 aliphatic rings. The predicted octanol–water partition coefficient (Wildman–Crippen LogP) is 6.26. The fourth-order valence-corrected chi connectivity index (χ4v) is 6.75. The summed E-state index contributed by atoms with van der Waals surface area (Å²) in [5.41, 5.74) is 3.20. The number of hydrogen-bond donors (Lipinski definition) is 1. The van der Waals surface area contributed by atoms with E-state index < -0.39 is 0 Å². The van der Waals surface area contributed by atoms with E-state index in [-0.39, 0.29) is 17.1 Å². The maximum atomic E-state index is 12.9. The maximum absolute atomic E-state index is 12.9. The molecule has 1 amide bonds. The second-order valence-electron chi connectivity index (χ2n) is 9.90. The van der Waals surface area contributed by atoms with Gasteiger partial charge in [-0.3, -0.25) is 4.79 Å². The van der Waals surface area contributed by atoms with Gasteiger partial charge in [0.05, 0.1) is 11.3 Å². The van der Waals surface area contributed by atoms with E-state index >= 15 is 0 Å². The van der Waals surface area contributed by atoms with Gasteiger partial charge in [0.1, 0.15) is 16.9 Å². The maximum Gasteiger partial charge on any atom is 0.235 e. The molecule has 188 valence electrons. The zero-order chi connectivity index (χ0) is 25.7. The third-order valence-corrected chi connectivity index (χ3v) is 9.43. The standard InChI is InChI=1S/C28H33N5OS2/c1-5-14-33-24(15-19-10-8-7-9-11-19)31-32-27(33)35-18-25(34)30-26-22(17-29)21-13-12-20(16-23(21)36-26)28(3,4)6-2/h5,7-11,20H,1,6,12-16,18H2,2-4H3,(H,30,34). The third kappa shape index (κ3) is 5.74. The van der Waals surface area contributed by atoms with E-state index in [4.69, 9.17) is 0 Å². The fraction of sp³-hybridized carbons (Fsp3) is 0.429. The summed E-state index contributed by atoms with van der Waals surface area (Å²) >= 11 is 2.93. The Morgan fingerprint density at radius 1 is 1.36 bits per heavy atom. The summed E-state index contributed by atoms with van der Waals surface area (Å²) in [4.78, 5) is 14.1. The Hall–Kier alpha value is -2.89. The van der Waals surface area contributed by atoms with Gasteiger partial charge in [0.25, 0.3) is 0 Å². The Kier molecular flexibility index (Phi) is 8.32. The Bertz CT molecular complexity index is 1270. The molecular formula is C28H33N5OS2. The minimum Gasteiger partial charge on any atom is -0.316 e. The number of benzene rings is 1. The quantitative estimate of drug-likeness (QED) is 0.252. The van der Waals surface area contributed by atoms with E-state index in [1.165, 1.54) is 16.6 Å². The van der Waals surface area contributed by atoms with Gasteiger partial charge in [0.15, 0.2) is 5.16 Å². The molecule has 1 unspecified atom stereocenters. The van der Waals surface area contributed by atoms with Gasteiger partial charge < -0.3 is 9.88 Å². The van der Waals surface area contributed by atoms with Crippen LogP contribution >= 0.6 is 23.1 Å². The first-order valence-corrected chi connectivity index (χ1v) is 14.2. The molecule has 8 heteroatoms. The van der Waals surface area contributed by atoms with Crippen LogP contribution in [-0.2, 0) is 30.6 Å². The van der Waals surface area contributed by atoms with E-state index in [2.05, 4.69) is 61.1 Å². The first-order chi connectivity index (χ1) is 17.4. The first-order valence-electron chi connectivity index (χ1n) is 12.4. The minimum absolute atomic E-state index is 0.140. The average molecular weight is 520 g/mol. The van der Waals surface area contributed by atoms with E-state index in [1.807, 2.05) is 28.8 Å². The molecule has 1 aliphatic carbocycles. The number of aromatic nitrogens is 3. The molecule has 1 atom stereocenters. The van der Waals surface area contributed by atoms with Gasteiger partial charge in [0, 0.05) is 17.8 Å². The monoisotopic (exact) mass is 519 g/mol. The SMILES string of the molecule is C=CCn1c(Cc2ccccc2)nnc1SCC(=O)Nc1sc2c(c1C#N)CCC(C(C)(C)CC)C2. The molecule has 4 rings (SSSR count). The van der Waals surface area contributed by atoms with Crippen molar-refractivity contribution in [1.82, 2.24) is 14.8 Å². The lowest BCUT2D eigenvalue weighted by Gasteiger charge is -2.36. The summed E-state index contributed by atoms with van der Waals surface area (Å²) < 4.78 is 2.00. The molecule has 0 saturated heterocycles. The van der Waals surface area contributed by atoms with Gasteiger partial charge in [-0.15, -0.1) is 28.1 Å². The second-order valence-corrected chi connectivity index (χ2v) is 11.9. The number of nitriles is 1. The first kappa shape index (κ1) is 26.2. The van der Waals surface area contributed by atoms with Crippen molar-refractivity contribution in [2.75, 3.05) is 11.1 Å². The summed E-state index contributed by atoms with van der Waals surface area (Å²) in [6.45, 7) is 11.3. The highest BCUT2D eigenvalue weighted by Crippen LogP contribution is 2.45. The molecule has 2 aromatic heterocycles. The lowest BCUT2D eigenvalue weighted by molar-refractivity contribution is -0.113. The zero-order valence-electron chi connectivity index (χ0n) is 21.2. The minimum atomic E-state index is -0.140. The number of fused-ring (bicyclic) bond motifs is 1. The molecule has 2 heterocycles. The van der Waals surface area contributed by atoms with Crippen LogP contribution in [0.15, 0.2) is 48.1 Å². The number of rotatable bonds is 10. The van der Waals surface area contributed by atoms with Crippen LogP contribution in [0.1, 0.15) is 61.0 Å². The van der Waals surface area contributed by atoms with Crippen molar-refractivity contribution >= 4 is 34.0 Å². The highest BCUT2D eigenvalue weighted by Gasteiger charge is 2.34. The number of thioether (sulfide) groups is 1. The molecule has 0 spiro atoms. The zero-order valence-corrected chi connectivity index (χ0v) is 22.8. The summed E-state index contributed by atoms with van der Waals surface area (Å²) in [7, 11) is 0. The van der Waals surface area contributed by atoms with Gasteiger partial charge in [-0.05, 0) is 41.7 Å². The highest BCUT2D eigenvalue weighted by molar-refractivity contribution is 7.99. The molecule has 0 radical (unpaired) electrons. The van der Waals surface area contributed by atoms with Gasteiger partial charge >= 0.3 is 0 Å². The lowest BCUT2D eigenvalue weighted by Crippen LogP contribution is -2.28. The van der Waals surface area contributed by atoms with Gasteiger partial charge in [0.2, 0.25) is 5.91 Å². The van der Waals surface area contributed by atoms with Crippen LogP contribution in [0.3, 0.4) is 0 Å². The summed E-state index contributed by atoms with van der Waals surface area (Å²) in [6, 6.07) is 12.5. The van der Waals surface area contributed by atoms with Crippen LogP contribution in [0.5, 0.6) is 0 Å². The van der Waals surface area contributed by atoms with Crippen molar-refractivity contribution in [3.63, 3.8) is 0 Å². The number of thiophene rings is 1. The van der Waals surface area contributed by atoms with Crippen LogP contribution in [0.4, 0.5) is 5.00 Å². The molecule has 3 aromatic rings. The number of allylic oxidation sites excluding steroid dienone is 1. The molecule has 0 aliphatic heterocycles. The number of carbonyl (C=O) groups is 1. The number of anilines is 1. The summed E-state index contributed by atoms with van der Waals surface area (Å²) in [6.07, 6.45) is 6.58. The Balaban J connectivity index is 1.43. The summed E-state index contributed by atoms with van der Waals surface area (Å²) in [5, 5.41) is 22.9. The van der Waals surface area contributed by atoms with E-state index in [9.17, 15) is 10.1 Å². The molecule has 6 nitrogen and oxygen atoms in total. The second kappa shape index (κ2) is 11.4. The molecular weight excluding hydrogens is 486 g/mol. The molecule has 36 heavy (non-hydrogen) atoms. The van der Waals surface area contributed by atoms with Crippen LogP contribution in [0, 0.1) is 22.7 Å². The third-order valence-electron chi connectivity index (χ3n) is 7.29. The predicted molar refractivity (Wildman–Crippen MR) is 147 cm³/mol. The summed E-state index contributed by atoms with van der Waals surface area (Å²) in [5.74, 6) is 1.49. The molecule has 0 saturated carbocycles. The van der Waals surface area contributed by atoms with Crippen LogP contribution in [0.2, 0.25) is 0 Å². The normalized spacial score (nSPS) is 15.2.